The highest BCUT2D eigenvalue weighted by molar-refractivity contribution is 5.98. The van der Waals surface area contributed by atoms with E-state index in [-0.39, 0.29) is 18.9 Å². The van der Waals surface area contributed by atoms with Crippen molar-refractivity contribution in [1.29, 1.82) is 5.26 Å². The highest BCUT2D eigenvalue weighted by atomic mass is 16.6. The first-order valence-corrected chi connectivity index (χ1v) is 12.5. The molecule has 2 aliphatic heterocycles. The van der Waals surface area contributed by atoms with Gasteiger partial charge in [0.15, 0.2) is 18.1 Å². The fourth-order valence-electron chi connectivity index (χ4n) is 4.71. The number of amides is 1. The lowest BCUT2D eigenvalue weighted by Gasteiger charge is -2.29. The smallest absolute Gasteiger partial charge is 0.265 e. The van der Waals surface area contributed by atoms with Crippen molar-refractivity contribution in [3.63, 3.8) is 0 Å². The molecule has 4 aromatic rings. The maximum atomic E-state index is 12.6. The van der Waals surface area contributed by atoms with E-state index in [0.717, 1.165) is 39.4 Å². The minimum atomic E-state index is -0.164. The average Bonchev–Trinajstić information content (AvgIpc) is 2.96. The van der Waals surface area contributed by atoms with E-state index in [0.29, 0.717) is 36.9 Å². The first-order valence-electron chi connectivity index (χ1n) is 12.5. The van der Waals surface area contributed by atoms with E-state index in [2.05, 4.69) is 49.4 Å². The molecule has 2 aliphatic rings. The van der Waals surface area contributed by atoms with Crippen LogP contribution in [0.4, 0.5) is 5.69 Å². The SMILES string of the molecule is Cc1ccc(-c2cc(-c3ccc4c(c3)OCCO4)nc(-c3ccc4c(c3)N(CCC#N)C(=O)CO4)c2)cc1. The molecule has 3 heterocycles. The summed E-state index contributed by atoms with van der Waals surface area (Å²) in [6, 6.07) is 26.2. The number of nitrogens with zero attached hydrogens (tertiary/aromatic N) is 3. The zero-order valence-corrected chi connectivity index (χ0v) is 20.9. The second kappa shape index (κ2) is 9.91. The molecule has 38 heavy (non-hydrogen) atoms. The number of pyridine rings is 1. The van der Waals surface area contributed by atoms with Crippen molar-refractivity contribution in [2.45, 2.75) is 13.3 Å². The summed E-state index contributed by atoms with van der Waals surface area (Å²) in [5.41, 5.74) is 7.24. The van der Waals surface area contributed by atoms with Crippen LogP contribution in [0.1, 0.15) is 12.0 Å². The van der Waals surface area contributed by atoms with Gasteiger partial charge in [0.1, 0.15) is 19.0 Å². The molecule has 6 rings (SSSR count). The fraction of sp³-hybridized carbons (Fsp3) is 0.194. The highest BCUT2D eigenvalue weighted by Gasteiger charge is 2.26. The number of hydrogen-bond acceptors (Lipinski definition) is 6. The summed E-state index contributed by atoms with van der Waals surface area (Å²) in [6.45, 7) is 3.39. The Morgan fingerprint density at radius 3 is 2.18 bits per heavy atom. The number of ether oxygens (including phenoxy) is 3. The highest BCUT2D eigenvalue weighted by Crippen LogP contribution is 2.39. The molecule has 0 bridgehead atoms. The molecule has 7 nitrogen and oxygen atoms in total. The Bertz CT molecular complexity index is 1570. The van der Waals surface area contributed by atoms with Crippen LogP contribution in [0.2, 0.25) is 0 Å². The van der Waals surface area contributed by atoms with Crippen LogP contribution < -0.4 is 19.1 Å². The van der Waals surface area contributed by atoms with Crippen LogP contribution in [0.25, 0.3) is 33.6 Å². The van der Waals surface area contributed by atoms with Gasteiger partial charge in [0.2, 0.25) is 0 Å². The predicted octanol–water partition coefficient (Wildman–Crippen LogP) is 5.80. The number of hydrogen-bond donors (Lipinski definition) is 0. The van der Waals surface area contributed by atoms with E-state index < -0.39 is 0 Å². The number of benzene rings is 3. The fourth-order valence-corrected chi connectivity index (χ4v) is 4.71. The molecule has 0 unspecified atom stereocenters. The molecule has 0 fully saturated rings. The van der Waals surface area contributed by atoms with Crippen molar-refractivity contribution in [2.24, 2.45) is 0 Å². The molecule has 0 atom stereocenters. The molecule has 0 saturated heterocycles. The second-order valence-corrected chi connectivity index (χ2v) is 9.28. The molecule has 0 spiro atoms. The van der Waals surface area contributed by atoms with Crippen LogP contribution in [0.5, 0.6) is 17.2 Å². The first-order chi connectivity index (χ1) is 18.6. The van der Waals surface area contributed by atoms with Crippen molar-refractivity contribution >= 4 is 11.6 Å². The molecule has 3 aromatic carbocycles. The van der Waals surface area contributed by atoms with E-state index >= 15 is 0 Å². The normalized spacial score (nSPS) is 13.9. The van der Waals surface area contributed by atoms with Crippen molar-refractivity contribution in [3.05, 3.63) is 78.4 Å². The van der Waals surface area contributed by atoms with Gasteiger partial charge in [-0.2, -0.15) is 5.26 Å². The number of aromatic nitrogens is 1. The summed E-state index contributed by atoms with van der Waals surface area (Å²) < 4.78 is 17.2. The lowest BCUT2D eigenvalue weighted by atomic mass is 9.98. The Labute approximate surface area is 220 Å². The Morgan fingerprint density at radius 2 is 1.45 bits per heavy atom. The van der Waals surface area contributed by atoms with Crippen molar-refractivity contribution < 1.29 is 19.0 Å². The van der Waals surface area contributed by atoms with Gasteiger partial charge >= 0.3 is 0 Å². The monoisotopic (exact) mass is 503 g/mol. The number of carbonyl (C=O) groups excluding carboxylic acids is 1. The number of carbonyl (C=O) groups is 1. The summed E-state index contributed by atoms with van der Waals surface area (Å²) >= 11 is 0. The van der Waals surface area contributed by atoms with E-state index in [1.807, 2.05) is 36.4 Å². The summed E-state index contributed by atoms with van der Waals surface area (Å²) in [5, 5.41) is 9.09. The third kappa shape index (κ3) is 4.53. The third-order valence-electron chi connectivity index (χ3n) is 6.69. The number of rotatable bonds is 5. The van der Waals surface area contributed by atoms with Gasteiger partial charge in [-0.25, -0.2) is 4.98 Å². The van der Waals surface area contributed by atoms with Gasteiger partial charge in [-0.05, 0) is 66.6 Å². The van der Waals surface area contributed by atoms with E-state index in [9.17, 15) is 4.79 Å². The second-order valence-electron chi connectivity index (χ2n) is 9.28. The molecule has 7 heteroatoms. The molecule has 0 aliphatic carbocycles. The molecule has 188 valence electrons. The third-order valence-corrected chi connectivity index (χ3v) is 6.69. The predicted molar refractivity (Wildman–Crippen MR) is 144 cm³/mol. The number of nitriles is 1. The van der Waals surface area contributed by atoms with Crippen LogP contribution in [0, 0.1) is 18.3 Å². The number of fused-ring (bicyclic) bond motifs is 2. The number of aryl methyl sites for hydroxylation is 1. The van der Waals surface area contributed by atoms with E-state index in [1.54, 1.807) is 4.90 Å². The van der Waals surface area contributed by atoms with Gasteiger partial charge < -0.3 is 19.1 Å². The zero-order chi connectivity index (χ0) is 26.1. The van der Waals surface area contributed by atoms with Crippen LogP contribution in [0.15, 0.2) is 72.8 Å². The topological polar surface area (TPSA) is 84.7 Å². The Hall–Kier alpha value is -4.83. The van der Waals surface area contributed by atoms with Gasteiger partial charge in [0.25, 0.3) is 5.91 Å². The lowest BCUT2D eigenvalue weighted by Crippen LogP contribution is -2.39. The van der Waals surface area contributed by atoms with Gasteiger partial charge in [-0.1, -0.05) is 29.8 Å². The Balaban J connectivity index is 1.48. The standard InChI is InChI=1S/C31H25N3O4/c1-20-3-5-21(6-4-20)24-15-25(33-26(16-24)23-8-10-29-30(18-23)37-14-13-36-29)22-7-9-28-27(17-22)34(12-2-11-32)31(35)19-38-28/h3-10,15-18H,2,12-14,19H2,1H3. The van der Waals surface area contributed by atoms with Crippen LogP contribution >= 0.6 is 0 Å². The maximum absolute atomic E-state index is 12.6. The number of anilines is 1. The van der Waals surface area contributed by atoms with Crippen LogP contribution in [-0.2, 0) is 4.79 Å². The van der Waals surface area contributed by atoms with Crippen LogP contribution in [0.3, 0.4) is 0 Å². The van der Waals surface area contributed by atoms with Gasteiger partial charge in [-0.3, -0.25) is 4.79 Å². The minimum absolute atomic E-state index is 0.0345. The first kappa shape index (κ1) is 23.6. The van der Waals surface area contributed by atoms with E-state index in [4.69, 9.17) is 24.5 Å². The van der Waals surface area contributed by atoms with Crippen molar-refractivity contribution in [1.82, 2.24) is 4.98 Å². The van der Waals surface area contributed by atoms with Crippen molar-refractivity contribution in [3.8, 4) is 57.0 Å². The van der Waals surface area contributed by atoms with E-state index in [1.165, 1.54) is 5.56 Å². The molecule has 0 N–H and O–H groups in total. The largest absolute Gasteiger partial charge is 0.486 e. The molecule has 1 amide bonds. The van der Waals surface area contributed by atoms with Crippen molar-refractivity contribution in [2.75, 3.05) is 31.3 Å². The van der Waals surface area contributed by atoms with Gasteiger partial charge in [-0.15, -0.1) is 0 Å². The van der Waals surface area contributed by atoms with Gasteiger partial charge in [0, 0.05) is 17.7 Å². The Kier molecular flexibility index (Phi) is 6.14. The maximum Gasteiger partial charge on any atom is 0.265 e. The summed E-state index contributed by atoms with van der Waals surface area (Å²) in [6.07, 6.45) is 0.241. The van der Waals surface area contributed by atoms with Gasteiger partial charge in [0.05, 0.1) is 29.6 Å². The molecule has 0 radical (unpaired) electrons. The quantitative estimate of drug-likeness (QED) is 0.342. The average molecular weight is 504 g/mol. The van der Waals surface area contributed by atoms with Crippen LogP contribution in [-0.4, -0.2) is 37.3 Å². The Morgan fingerprint density at radius 1 is 0.789 bits per heavy atom. The molecule has 0 saturated carbocycles. The lowest BCUT2D eigenvalue weighted by molar-refractivity contribution is -0.121. The molecular weight excluding hydrogens is 478 g/mol. The zero-order valence-electron chi connectivity index (χ0n) is 20.9. The summed E-state index contributed by atoms with van der Waals surface area (Å²) in [4.78, 5) is 19.2. The molecular formula is C31H25N3O4. The summed E-state index contributed by atoms with van der Waals surface area (Å²) in [5.74, 6) is 1.89. The molecule has 1 aromatic heterocycles. The minimum Gasteiger partial charge on any atom is -0.486 e. The summed E-state index contributed by atoms with van der Waals surface area (Å²) in [7, 11) is 0.